The molecule has 23 heavy (non-hydrogen) atoms. The summed E-state index contributed by atoms with van der Waals surface area (Å²) < 4.78 is 5.36. The standard InChI is InChI=1S/C17H24N4O2/c1-17(2,3)16(22)18-12-4-5-13-14(10-12)20-15(19-13)11-21-6-8-23-9-7-21/h4-5,10H,6-9,11H2,1-3H3,(H,18,22)(H,19,20). The average Bonchev–Trinajstić information content (AvgIpc) is 2.88. The zero-order chi connectivity index (χ0) is 16.4. The number of aromatic amines is 1. The number of nitrogens with one attached hydrogen (secondary N) is 2. The van der Waals surface area contributed by atoms with Gasteiger partial charge in [-0.2, -0.15) is 0 Å². The SMILES string of the molecule is CC(C)(C)C(=O)Nc1ccc2nc(CN3CCOCC3)[nH]c2c1. The van der Waals surface area contributed by atoms with Crippen LogP contribution in [0.3, 0.4) is 0 Å². The van der Waals surface area contributed by atoms with Crippen LogP contribution in [0.25, 0.3) is 11.0 Å². The first-order chi connectivity index (χ1) is 10.9. The van der Waals surface area contributed by atoms with Gasteiger partial charge in [0.15, 0.2) is 0 Å². The number of amides is 1. The van der Waals surface area contributed by atoms with E-state index in [9.17, 15) is 4.79 Å². The second-order valence-corrected chi connectivity index (χ2v) is 7.01. The van der Waals surface area contributed by atoms with Crippen molar-refractivity contribution in [1.82, 2.24) is 14.9 Å². The molecule has 124 valence electrons. The zero-order valence-corrected chi connectivity index (χ0v) is 14.0. The highest BCUT2D eigenvalue weighted by atomic mass is 16.5. The summed E-state index contributed by atoms with van der Waals surface area (Å²) in [7, 11) is 0. The second kappa shape index (κ2) is 6.29. The van der Waals surface area contributed by atoms with Gasteiger partial charge in [0.1, 0.15) is 5.82 Å². The van der Waals surface area contributed by atoms with Gasteiger partial charge in [0.05, 0.1) is 30.8 Å². The van der Waals surface area contributed by atoms with E-state index in [4.69, 9.17) is 4.74 Å². The fraction of sp³-hybridized carbons (Fsp3) is 0.529. The van der Waals surface area contributed by atoms with Crippen molar-refractivity contribution in [3.63, 3.8) is 0 Å². The summed E-state index contributed by atoms with van der Waals surface area (Å²) in [6, 6.07) is 5.77. The van der Waals surface area contributed by atoms with Crippen LogP contribution in [0.1, 0.15) is 26.6 Å². The van der Waals surface area contributed by atoms with Gasteiger partial charge in [0, 0.05) is 24.2 Å². The van der Waals surface area contributed by atoms with Gasteiger partial charge in [0.25, 0.3) is 0 Å². The highest BCUT2D eigenvalue weighted by Crippen LogP contribution is 2.21. The topological polar surface area (TPSA) is 70.2 Å². The molecule has 0 atom stereocenters. The van der Waals surface area contributed by atoms with Gasteiger partial charge in [-0.15, -0.1) is 0 Å². The van der Waals surface area contributed by atoms with Crippen LogP contribution in [0.15, 0.2) is 18.2 Å². The Balaban J connectivity index is 1.74. The fourth-order valence-electron chi connectivity index (χ4n) is 2.50. The number of ether oxygens (including phenoxy) is 1. The maximum Gasteiger partial charge on any atom is 0.229 e. The van der Waals surface area contributed by atoms with Crippen molar-refractivity contribution in [3.05, 3.63) is 24.0 Å². The average molecular weight is 316 g/mol. The number of anilines is 1. The van der Waals surface area contributed by atoms with Gasteiger partial charge in [-0.3, -0.25) is 9.69 Å². The molecule has 0 saturated carbocycles. The lowest BCUT2D eigenvalue weighted by atomic mass is 9.95. The normalized spacial score (nSPS) is 16.7. The van der Waals surface area contributed by atoms with Crippen LogP contribution in [0.2, 0.25) is 0 Å². The molecule has 2 aromatic rings. The minimum Gasteiger partial charge on any atom is -0.379 e. The number of fused-ring (bicyclic) bond motifs is 1. The molecule has 2 heterocycles. The van der Waals surface area contributed by atoms with E-state index in [1.165, 1.54) is 0 Å². The van der Waals surface area contributed by atoms with Crippen LogP contribution in [0.5, 0.6) is 0 Å². The minimum atomic E-state index is -0.412. The predicted octanol–water partition coefficient (Wildman–Crippen LogP) is 2.38. The van der Waals surface area contributed by atoms with Gasteiger partial charge < -0.3 is 15.0 Å². The van der Waals surface area contributed by atoms with E-state index in [-0.39, 0.29) is 5.91 Å². The molecule has 1 saturated heterocycles. The number of benzene rings is 1. The molecule has 1 fully saturated rings. The third-order valence-electron chi connectivity index (χ3n) is 3.95. The fourth-order valence-corrected chi connectivity index (χ4v) is 2.50. The molecule has 1 aromatic heterocycles. The van der Waals surface area contributed by atoms with Crippen molar-refractivity contribution in [3.8, 4) is 0 Å². The predicted molar refractivity (Wildman–Crippen MR) is 90.3 cm³/mol. The maximum atomic E-state index is 12.1. The van der Waals surface area contributed by atoms with Crippen LogP contribution in [0.4, 0.5) is 5.69 Å². The molecule has 3 rings (SSSR count). The summed E-state index contributed by atoms with van der Waals surface area (Å²) in [4.78, 5) is 22.4. The molecule has 6 heteroatoms. The van der Waals surface area contributed by atoms with Crippen molar-refractivity contribution in [1.29, 1.82) is 0 Å². The Morgan fingerprint density at radius 1 is 1.35 bits per heavy atom. The van der Waals surface area contributed by atoms with E-state index in [1.807, 2.05) is 39.0 Å². The van der Waals surface area contributed by atoms with Crippen molar-refractivity contribution < 1.29 is 9.53 Å². The number of hydrogen-bond donors (Lipinski definition) is 2. The maximum absolute atomic E-state index is 12.1. The molecular weight excluding hydrogens is 292 g/mol. The lowest BCUT2D eigenvalue weighted by Gasteiger charge is -2.25. The first-order valence-electron chi connectivity index (χ1n) is 8.02. The molecule has 1 aliphatic heterocycles. The Kier molecular flexibility index (Phi) is 4.37. The highest BCUT2D eigenvalue weighted by molar-refractivity contribution is 5.96. The number of hydrogen-bond acceptors (Lipinski definition) is 4. The van der Waals surface area contributed by atoms with Crippen molar-refractivity contribution >= 4 is 22.6 Å². The Labute approximate surface area is 136 Å². The van der Waals surface area contributed by atoms with Gasteiger partial charge in [-0.1, -0.05) is 20.8 Å². The van der Waals surface area contributed by atoms with Gasteiger partial charge in [-0.05, 0) is 18.2 Å². The molecule has 0 spiro atoms. The molecule has 0 bridgehead atoms. The highest BCUT2D eigenvalue weighted by Gasteiger charge is 2.21. The largest absolute Gasteiger partial charge is 0.379 e. The quantitative estimate of drug-likeness (QED) is 0.912. The van der Waals surface area contributed by atoms with Crippen LogP contribution in [-0.4, -0.2) is 47.1 Å². The number of aromatic nitrogens is 2. The summed E-state index contributed by atoms with van der Waals surface area (Å²) in [5, 5.41) is 2.95. The van der Waals surface area contributed by atoms with E-state index >= 15 is 0 Å². The van der Waals surface area contributed by atoms with E-state index in [0.717, 1.165) is 55.4 Å². The van der Waals surface area contributed by atoms with E-state index in [0.29, 0.717) is 0 Å². The summed E-state index contributed by atoms with van der Waals surface area (Å²) in [6.45, 7) is 9.93. The molecule has 1 amide bonds. The monoisotopic (exact) mass is 316 g/mol. The molecule has 0 unspecified atom stereocenters. The summed E-state index contributed by atoms with van der Waals surface area (Å²) in [5.41, 5.74) is 2.24. The number of H-pyrrole nitrogens is 1. The van der Waals surface area contributed by atoms with Crippen LogP contribution >= 0.6 is 0 Å². The molecule has 2 N–H and O–H groups in total. The molecular formula is C17H24N4O2. The lowest BCUT2D eigenvalue weighted by molar-refractivity contribution is -0.123. The van der Waals surface area contributed by atoms with Crippen molar-refractivity contribution in [2.45, 2.75) is 27.3 Å². The Morgan fingerprint density at radius 3 is 2.78 bits per heavy atom. The number of morpholine rings is 1. The molecule has 1 aromatic carbocycles. The van der Waals surface area contributed by atoms with Crippen LogP contribution in [0, 0.1) is 5.41 Å². The minimum absolute atomic E-state index is 0.00454. The third-order valence-corrected chi connectivity index (χ3v) is 3.95. The summed E-state index contributed by atoms with van der Waals surface area (Å²) in [6.07, 6.45) is 0. The molecule has 0 radical (unpaired) electrons. The third kappa shape index (κ3) is 3.89. The Morgan fingerprint density at radius 2 is 2.09 bits per heavy atom. The first-order valence-corrected chi connectivity index (χ1v) is 8.02. The first kappa shape index (κ1) is 16.0. The van der Waals surface area contributed by atoms with Gasteiger partial charge in [-0.25, -0.2) is 4.98 Å². The van der Waals surface area contributed by atoms with E-state index in [2.05, 4.69) is 20.2 Å². The van der Waals surface area contributed by atoms with E-state index in [1.54, 1.807) is 0 Å². The summed E-state index contributed by atoms with van der Waals surface area (Å²) >= 11 is 0. The Hall–Kier alpha value is -1.92. The Bertz CT molecular complexity index is 696. The van der Waals surface area contributed by atoms with E-state index < -0.39 is 5.41 Å². The van der Waals surface area contributed by atoms with Gasteiger partial charge >= 0.3 is 0 Å². The number of carbonyl (C=O) groups is 1. The molecule has 6 nitrogen and oxygen atoms in total. The number of carbonyl (C=O) groups excluding carboxylic acids is 1. The molecule has 0 aliphatic carbocycles. The lowest BCUT2D eigenvalue weighted by Crippen LogP contribution is -2.35. The number of imidazole rings is 1. The number of nitrogens with zero attached hydrogens (tertiary/aromatic N) is 2. The zero-order valence-electron chi connectivity index (χ0n) is 14.0. The van der Waals surface area contributed by atoms with Gasteiger partial charge in [0.2, 0.25) is 5.91 Å². The van der Waals surface area contributed by atoms with Crippen LogP contribution in [-0.2, 0) is 16.1 Å². The molecule has 1 aliphatic rings. The van der Waals surface area contributed by atoms with Crippen molar-refractivity contribution in [2.24, 2.45) is 5.41 Å². The second-order valence-electron chi connectivity index (χ2n) is 7.01. The number of rotatable bonds is 3. The van der Waals surface area contributed by atoms with Crippen LogP contribution < -0.4 is 5.32 Å². The van der Waals surface area contributed by atoms with Crippen molar-refractivity contribution in [2.75, 3.05) is 31.6 Å². The summed E-state index contributed by atoms with van der Waals surface area (Å²) in [5.74, 6) is 0.950. The smallest absolute Gasteiger partial charge is 0.229 e.